The molecule has 1 aromatic rings. The van der Waals surface area contributed by atoms with E-state index >= 15 is 0 Å². The lowest BCUT2D eigenvalue weighted by Gasteiger charge is -2.03. The average molecular weight is 210 g/mol. The van der Waals surface area contributed by atoms with Crippen molar-refractivity contribution in [1.82, 2.24) is 0 Å². The van der Waals surface area contributed by atoms with E-state index in [0.29, 0.717) is 5.69 Å². The van der Waals surface area contributed by atoms with Gasteiger partial charge < -0.3 is 0 Å². The van der Waals surface area contributed by atoms with Crippen LogP contribution in [0.3, 0.4) is 0 Å². The number of hydrogen-bond donors (Lipinski definition) is 0. The maximum atomic E-state index is 8.74. The van der Waals surface area contributed by atoms with Crippen LogP contribution in [0.1, 0.15) is 12.5 Å². The largest absolute Gasteiger partial charge is 0.249 e. The summed E-state index contributed by atoms with van der Waals surface area (Å²) in [6, 6.07) is 10.8. The molecule has 0 spiro atoms. The van der Waals surface area contributed by atoms with Crippen LogP contribution in [-0.4, -0.2) is 5.54 Å². The summed E-state index contributed by atoms with van der Waals surface area (Å²) in [5.41, 5.74) is -0.0347. The quantitative estimate of drug-likeness (QED) is 0.718. The van der Waals surface area contributed by atoms with Crippen LogP contribution in [0.4, 0.5) is 5.69 Å². The molecule has 0 aliphatic heterocycles. The first-order chi connectivity index (χ1) is 7.65. The molecule has 16 heavy (non-hydrogen) atoms. The predicted molar refractivity (Wildman–Crippen MR) is 60.7 cm³/mol. The Hall–Kier alpha value is -2.46. The highest BCUT2D eigenvalue weighted by Gasteiger charge is 2.21. The highest BCUT2D eigenvalue weighted by atomic mass is 15.1. The molecule has 0 N–H and O–H groups in total. The van der Waals surface area contributed by atoms with Crippen LogP contribution in [0.15, 0.2) is 41.1 Å². The van der Waals surface area contributed by atoms with Gasteiger partial charge in [0.05, 0.1) is 5.69 Å². The van der Waals surface area contributed by atoms with E-state index in [1.165, 1.54) is 6.92 Å². The van der Waals surface area contributed by atoms with Crippen molar-refractivity contribution in [3.05, 3.63) is 36.4 Å². The minimum atomic E-state index is -1.44. The Labute approximate surface area is 94.2 Å². The van der Waals surface area contributed by atoms with E-state index in [-0.39, 0.29) is 0 Å². The topological polar surface area (TPSA) is 72.3 Å². The highest BCUT2D eigenvalue weighted by Crippen LogP contribution is 2.22. The molecule has 0 aromatic heterocycles. The van der Waals surface area contributed by atoms with Gasteiger partial charge in [0.25, 0.3) is 0 Å². The molecule has 0 bridgehead atoms. The Balaban J connectivity index is 3.07. The van der Waals surface area contributed by atoms with Gasteiger partial charge in [-0.3, -0.25) is 0 Å². The summed E-state index contributed by atoms with van der Waals surface area (Å²) < 4.78 is 0. The molecule has 4 heteroatoms. The molecule has 4 nitrogen and oxygen atoms in total. The summed E-state index contributed by atoms with van der Waals surface area (Å²) in [6.45, 7) is 5.05. The molecule has 0 heterocycles. The summed E-state index contributed by atoms with van der Waals surface area (Å²) in [5.74, 6) is 0. The van der Waals surface area contributed by atoms with E-state index in [9.17, 15) is 0 Å². The van der Waals surface area contributed by atoms with Crippen molar-refractivity contribution in [2.24, 2.45) is 10.2 Å². The predicted octanol–water partition coefficient (Wildman–Crippen LogP) is 3.22. The van der Waals surface area contributed by atoms with Crippen molar-refractivity contribution >= 4 is 11.8 Å². The molecule has 0 radical (unpaired) electrons. The summed E-state index contributed by atoms with van der Waals surface area (Å²) in [4.78, 5) is 0. The second-order valence-electron chi connectivity index (χ2n) is 3.26. The lowest BCUT2D eigenvalue weighted by Crippen LogP contribution is -2.14. The number of azo groups is 1. The zero-order chi connectivity index (χ0) is 12.0. The van der Waals surface area contributed by atoms with Crippen LogP contribution in [0, 0.1) is 22.7 Å². The van der Waals surface area contributed by atoms with Crippen LogP contribution >= 0.6 is 0 Å². The average Bonchev–Trinajstić information content (AvgIpc) is 2.36. The number of nitriles is 2. The number of rotatable bonds is 3. The van der Waals surface area contributed by atoms with Crippen molar-refractivity contribution in [3.63, 3.8) is 0 Å². The molecule has 0 unspecified atom stereocenters. The highest BCUT2D eigenvalue weighted by molar-refractivity contribution is 5.62. The van der Waals surface area contributed by atoms with Gasteiger partial charge in [-0.2, -0.15) is 20.8 Å². The Morgan fingerprint density at radius 3 is 2.50 bits per heavy atom. The van der Waals surface area contributed by atoms with Crippen LogP contribution in [0.2, 0.25) is 0 Å². The standard InChI is InChI=1S/C12H10N4/c1-3-10-6-4-5-7-11(10)15-16-12(2,8-13)9-14/h3-7H,1H2,2H3/b16-15+. The van der Waals surface area contributed by atoms with Crippen molar-refractivity contribution in [2.45, 2.75) is 12.5 Å². The molecule has 1 aromatic carbocycles. The van der Waals surface area contributed by atoms with Gasteiger partial charge in [-0.15, -0.1) is 0 Å². The van der Waals surface area contributed by atoms with Crippen LogP contribution in [-0.2, 0) is 0 Å². The van der Waals surface area contributed by atoms with Gasteiger partial charge in [-0.05, 0) is 13.0 Å². The SMILES string of the molecule is C=Cc1ccccc1/N=N/C(C)(C#N)C#N. The van der Waals surface area contributed by atoms with Crippen LogP contribution in [0.25, 0.3) is 6.08 Å². The summed E-state index contributed by atoms with van der Waals surface area (Å²) in [7, 11) is 0. The Kier molecular flexibility index (Phi) is 3.53. The van der Waals surface area contributed by atoms with E-state index in [1.807, 2.05) is 12.1 Å². The molecule has 1 rings (SSSR count). The maximum absolute atomic E-state index is 8.74. The Bertz CT molecular complexity index is 488. The fourth-order valence-corrected chi connectivity index (χ4v) is 0.975. The molecule has 0 amide bonds. The van der Waals surface area contributed by atoms with E-state index in [2.05, 4.69) is 16.8 Å². The lowest BCUT2D eigenvalue weighted by molar-refractivity contribution is 0.720. The van der Waals surface area contributed by atoms with Crippen molar-refractivity contribution in [1.29, 1.82) is 10.5 Å². The molecular formula is C12H10N4. The van der Waals surface area contributed by atoms with Gasteiger partial charge in [-0.25, -0.2) is 0 Å². The normalized spacial score (nSPS) is 10.7. The Morgan fingerprint density at radius 1 is 1.31 bits per heavy atom. The molecule has 0 atom stereocenters. The molecule has 78 valence electrons. The first-order valence-corrected chi connectivity index (χ1v) is 4.62. The fraction of sp³-hybridized carbons (Fsp3) is 0.167. The van der Waals surface area contributed by atoms with Crippen LogP contribution in [0.5, 0.6) is 0 Å². The van der Waals surface area contributed by atoms with Gasteiger partial charge in [0.2, 0.25) is 5.54 Å². The lowest BCUT2D eigenvalue weighted by atomic mass is 10.1. The van der Waals surface area contributed by atoms with E-state index < -0.39 is 5.54 Å². The van der Waals surface area contributed by atoms with Gasteiger partial charge in [0.15, 0.2) is 0 Å². The second kappa shape index (κ2) is 4.86. The molecule has 0 saturated heterocycles. The van der Waals surface area contributed by atoms with Gasteiger partial charge in [-0.1, -0.05) is 30.9 Å². The monoisotopic (exact) mass is 210 g/mol. The van der Waals surface area contributed by atoms with E-state index in [0.717, 1.165) is 5.56 Å². The van der Waals surface area contributed by atoms with Gasteiger partial charge in [0, 0.05) is 5.56 Å². The van der Waals surface area contributed by atoms with Crippen molar-refractivity contribution < 1.29 is 0 Å². The third-order valence-corrected chi connectivity index (χ3v) is 1.95. The number of hydrogen-bond acceptors (Lipinski definition) is 4. The number of nitrogens with zero attached hydrogens (tertiary/aromatic N) is 4. The zero-order valence-electron chi connectivity index (χ0n) is 8.88. The molecule has 0 fully saturated rings. The molecular weight excluding hydrogens is 200 g/mol. The van der Waals surface area contributed by atoms with Crippen LogP contribution < -0.4 is 0 Å². The smallest absolute Gasteiger partial charge is 0.194 e. The molecule has 0 aliphatic carbocycles. The minimum absolute atomic E-state index is 0.592. The maximum Gasteiger partial charge on any atom is 0.249 e. The summed E-state index contributed by atoms with van der Waals surface area (Å²) >= 11 is 0. The van der Waals surface area contributed by atoms with Gasteiger partial charge >= 0.3 is 0 Å². The molecule has 0 aliphatic rings. The third kappa shape index (κ3) is 2.52. The Morgan fingerprint density at radius 2 is 1.94 bits per heavy atom. The third-order valence-electron chi connectivity index (χ3n) is 1.95. The second-order valence-corrected chi connectivity index (χ2v) is 3.26. The van der Waals surface area contributed by atoms with E-state index in [4.69, 9.17) is 10.5 Å². The zero-order valence-corrected chi connectivity index (χ0v) is 8.88. The van der Waals surface area contributed by atoms with Gasteiger partial charge in [0.1, 0.15) is 12.1 Å². The number of benzene rings is 1. The fourth-order valence-electron chi connectivity index (χ4n) is 0.975. The van der Waals surface area contributed by atoms with Crippen molar-refractivity contribution in [2.75, 3.05) is 0 Å². The first-order valence-electron chi connectivity index (χ1n) is 4.62. The minimum Gasteiger partial charge on any atom is -0.194 e. The summed E-state index contributed by atoms with van der Waals surface area (Å²) in [5, 5.41) is 25.1. The molecule has 0 saturated carbocycles. The summed E-state index contributed by atoms with van der Waals surface area (Å²) in [6.07, 6.45) is 1.64. The van der Waals surface area contributed by atoms with E-state index in [1.54, 1.807) is 30.3 Å². The van der Waals surface area contributed by atoms with Crippen molar-refractivity contribution in [3.8, 4) is 12.1 Å². The first kappa shape index (κ1) is 11.6.